The number of H-pyrrole nitrogens is 1. The van der Waals surface area contributed by atoms with E-state index >= 15 is 0 Å². The zero-order valence-electron chi connectivity index (χ0n) is 29.5. The molecule has 2 N–H and O–H groups in total. The van der Waals surface area contributed by atoms with Crippen LogP contribution in [0.5, 0.6) is 0 Å². The Bertz CT molecular complexity index is 2220. The molecule has 310 valence electrons. The van der Waals surface area contributed by atoms with Crippen molar-refractivity contribution in [3.63, 3.8) is 0 Å². The molecule has 1 aliphatic carbocycles. The summed E-state index contributed by atoms with van der Waals surface area (Å²) in [5.41, 5.74) is -2.73. The molecule has 1 aromatic heterocycles. The zero-order valence-corrected chi connectivity index (χ0v) is 32.2. The second-order valence-corrected chi connectivity index (χ2v) is 17.3. The summed E-state index contributed by atoms with van der Waals surface area (Å²) in [4.78, 5) is 77.4. The van der Waals surface area contributed by atoms with Gasteiger partial charge in [0.1, 0.15) is 24.0 Å². The molecule has 57 heavy (non-hydrogen) atoms. The number of ether oxygens (including phenoxy) is 2. The van der Waals surface area contributed by atoms with Gasteiger partial charge < -0.3 is 33.2 Å². The number of hydrogen-bond donors (Lipinski definition) is 2. The molecule has 0 radical (unpaired) electrons. The van der Waals surface area contributed by atoms with Crippen LogP contribution in [0, 0.1) is 17.8 Å². The molecule has 6 atom stereocenters. The van der Waals surface area contributed by atoms with Crippen molar-refractivity contribution in [1.29, 1.82) is 0 Å². The number of alkyl halides is 3. The van der Waals surface area contributed by atoms with E-state index in [0.29, 0.717) is 18.9 Å². The van der Waals surface area contributed by atoms with Crippen LogP contribution in [0.3, 0.4) is 0 Å². The van der Waals surface area contributed by atoms with Crippen molar-refractivity contribution in [3.8, 4) is 11.8 Å². The SMILES string of the molecule is O=C(Nc1cccc(C(F)(F)F)c1)O[C@@H]1C[C@H](n2cc(C#CCc3ccccc3)c(=O)[nH]c2=O)O[C@@H]1COP(=O)([O-])OP(=O)([O-])OP(=O)([O-])OCC1CCCCC1. The highest BCUT2D eigenvalue weighted by molar-refractivity contribution is 7.65. The van der Waals surface area contributed by atoms with E-state index in [1.54, 1.807) is 30.3 Å². The van der Waals surface area contributed by atoms with Gasteiger partial charge in [-0.25, -0.2) is 18.2 Å². The summed E-state index contributed by atoms with van der Waals surface area (Å²) >= 11 is 0. The smallest absolute Gasteiger partial charge is 0.416 e. The van der Waals surface area contributed by atoms with Gasteiger partial charge in [-0.05, 0) is 42.5 Å². The third kappa shape index (κ3) is 13.6. The van der Waals surface area contributed by atoms with Crippen molar-refractivity contribution in [2.24, 2.45) is 5.92 Å². The molecule has 1 amide bonds. The molecule has 3 unspecified atom stereocenters. The first-order valence-electron chi connectivity index (χ1n) is 17.1. The number of phosphoric acid groups is 3. The second kappa shape index (κ2) is 18.8. The summed E-state index contributed by atoms with van der Waals surface area (Å²) in [6.45, 7) is -1.61. The summed E-state index contributed by atoms with van der Waals surface area (Å²) in [5, 5.41) is 2.08. The van der Waals surface area contributed by atoms with E-state index in [2.05, 4.69) is 39.8 Å². The zero-order chi connectivity index (χ0) is 41.4. The maximum absolute atomic E-state index is 13.2. The Hall–Kier alpha value is -3.89. The number of phosphoric ester groups is 2. The van der Waals surface area contributed by atoms with Crippen molar-refractivity contribution in [3.05, 3.63) is 98.3 Å². The van der Waals surface area contributed by atoms with Crippen LogP contribution in [-0.4, -0.2) is 41.1 Å². The molecule has 2 aromatic carbocycles. The van der Waals surface area contributed by atoms with E-state index in [0.717, 1.165) is 53.8 Å². The summed E-state index contributed by atoms with van der Waals surface area (Å²) < 4.78 is 106. The lowest BCUT2D eigenvalue weighted by molar-refractivity contribution is -0.252. The van der Waals surface area contributed by atoms with E-state index in [1.165, 1.54) is 0 Å². The number of nitrogens with zero attached hydrogens (tertiary/aromatic N) is 1. The maximum atomic E-state index is 13.2. The highest BCUT2D eigenvalue weighted by Crippen LogP contribution is 2.63. The van der Waals surface area contributed by atoms with E-state index in [-0.39, 0.29) is 23.6 Å². The Morgan fingerprint density at radius 1 is 0.930 bits per heavy atom. The molecule has 0 spiro atoms. The van der Waals surface area contributed by atoms with Gasteiger partial charge in [-0.2, -0.15) is 13.2 Å². The first-order chi connectivity index (χ1) is 26.8. The van der Waals surface area contributed by atoms with Crippen LogP contribution in [0.1, 0.15) is 61.4 Å². The number of hydrogen-bond acceptors (Lipinski definition) is 15. The van der Waals surface area contributed by atoms with E-state index in [1.807, 2.05) is 0 Å². The van der Waals surface area contributed by atoms with Crippen LogP contribution in [0.2, 0.25) is 0 Å². The first-order valence-corrected chi connectivity index (χ1v) is 21.5. The standard InChI is InChI=1S/C33H37F3N3O15P3/c34-33(35,36)25-15-8-16-26(17-25)37-32(42)52-27-18-29(39-19-24(30(40)38-31(39)41)14-7-13-22-9-3-1-4-10-22)51-28(27)21-50-56(45,46)54-57(47,48)53-55(43,44)49-20-23-11-5-2-6-12-23/h1,3-4,8-10,15-17,19,23,27-29H,2,5-6,11-13,18,20-21H2,(H,37,42)(H,43,44)(H,45,46)(H,47,48)(H,38,40,41)/p-3/t27-,28-,29-/m1/s1. The van der Waals surface area contributed by atoms with Crippen LogP contribution in [0.4, 0.5) is 23.7 Å². The average molecular weight is 863 g/mol. The molecule has 1 aliphatic heterocycles. The predicted molar refractivity (Wildman–Crippen MR) is 186 cm³/mol. The van der Waals surface area contributed by atoms with Gasteiger partial charge in [-0.3, -0.25) is 33.4 Å². The number of carbonyl (C=O) groups is 1. The van der Waals surface area contributed by atoms with Gasteiger partial charge in [0, 0.05) is 24.7 Å². The lowest BCUT2D eigenvalue weighted by atomic mass is 9.90. The predicted octanol–water partition coefficient (Wildman–Crippen LogP) is 4.11. The fourth-order valence-corrected chi connectivity index (χ4v) is 9.30. The third-order valence-corrected chi connectivity index (χ3v) is 12.6. The van der Waals surface area contributed by atoms with Crippen molar-refractivity contribution in [2.75, 3.05) is 18.5 Å². The largest absolute Gasteiger partial charge is 0.756 e. The van der Waals surface area contributed by atoms with Gasteiger partial charge in [0.15, 0.2) is 0 Å². The minimum absolute atomic E-state index is 0.198. The Balaban J connectivity index is 1.30. The molecule has 1 saturated carbocycles. The second-order valence-electron chi connectivity index (χ2n) is 12.8. The topological polar surface area (TPSA) is 260 Å². The molecule has 3 aromatic rings. The van der Waals surface area contributed by atoms with E-state index in [9.17, 15) is 55.9 Å². The Kier molecular flexibility index (Phi) is 14.6. The fraction of sp³-hybridized carbons (Fsp3) is 0.424. The van der Waals surface area contributed by atoms with Crippen LogP contribution in [0.25, 0.3) is 0 Å². The minimum Gasteiger partial charge on any atom is -0.756 e. The molecule has 2 heterocycles. The molecule has 0 bridgehead atoms. The lowest BCUT2D eigenvalue weighted by Gasteiger charge is -2.35. The highest BCUT2D eigenvalue weighted by atomic mass is 31.3. The number of aromatic amines is 1. The molecule has 2 fully saturated rings. The number of aromatic nitrogens is 2. The Labute approximate surface area is 322 Å². The summed E-state index contributed by atoms with van der Waals surface area (Å²) in [6, 6.07) is 12.4. The van der Waals surface area contributed by atoms with Crippen LogP contribution < -0.4 is 31.2 Å². The van der Waals surface area contributed by atoms with Crippen LogP contribution >= 0.6 is 23.5 Å². The van der Waals surface area contributed by atoms with Gasteiger partial charge in [0.25, 0.3) is 29.0 Å². The highest BCUT2D eigenvalue weighted by Gasteiger charge is 2.41. The van der Waals surface area contributed by atoms with Gasteiger partial charge in [0.2, 0.25) is 0 Å². The van der Waals surface area contributed by atoms with Gasteiger partial charge in [-0.1, -0.05) is 67.5 Å². The first kappa shape index (κ1) is 44.2. The number of anilines is 1. The molecular formula is C33H34F3N3O15P3-3. The van der Waals surface area contributed by atoms with Crippen molar-refractivity contribution < 1.29 is 73.5 Å². The van der Waals surface area contributed by atoms with Crippen LogP contribution in [0.15, 0.2) is 70.4 Å². The Morgan fingerprint density at radius 2 is 1.60 bits per heavy atom. The number of carbonyl (C=O) groups excluding carboxylic acids is 1. The quantitative estimate of drug-likeness (QED) is 0.171. The summed E-state index contributed by atoms with van der Waals surface area (Å²) in [5.74, 6) is 5.22. The molecular weight excluding hydrogens is 828 g/mol. The van der Waals surface area contributed by atoms with Crippen molar-refractivity contribution in [2.45, 2.75) is 69.6 Å². The number of benzene rings is 2. The normalized spacial score (nSPS) is 22.0. The van der Waals surface area contributed by atoms with E-state index < -0.39 is 90.6 Å². The monoisotopic (exact) mass is 862 g/mol. The molecule has 1 saturated heterocycles. The van der Waals surface area contributed by atoms with Gasteiger partial charge in [-0.15, -0.1) is 0 Å². The van der Waals surface area contributed by atoms with E-state index in [4.69, 9.17) is 9.47 Å². The maximum Gasteiger partial charge on any atom is 0.416 e. The summed E-state index contributed by atoms with van der Waals surface area (Å²) in [6.07, 6.45) is -6.25. The van der Waals surface area contributed by atoms with Crippen LogP contribution in [-0.2, 0) is 53.4 Å². The number of rotatable bonds is 14. The van der Waals surface area contributed by atoms with Crippen molar-refractivity contribution in [1.82, 2.24) is 9.55 Å². The molecule has 5 rings (SSSR count). The minimum atomic E-state index is -6.23. The lowest BCUT2D eigenvalue weighted by Crippen LogP contribution is -2.34. The average Bonchev–Trinajstić information content (AvgIpc) is 3.52. The summed E-state index contributed by atoms with van der Waals surface area (Å²) in [7, 11) is -17.9. The van der Waals surface area contributed by atoms with Crippen molar-refractivity contribution >= 4 is 35.2 Å². The molecule has 18 nitrogen and oxygen atoms in total. The van der Waals surface area contributed by atoms with Gasteiger partial charge in [0.05, 0.1) is 18.8 Å². The Morgan fingerprint density at radius 3 is 2.26 bits per heavy atom. The molecule has 2 aliphatic rings. The van der Waals surface area contributed by atoms with Gasteiger partial charge >= 0.3 is 18.0 Å². The molecule has 24 heteroatoms. The fourth-order valence-electron chi connectivity index (χ4n) is 5.85. The third-order valence-electron chi connectivity index (χ3n) is 8.50. The number of nitrogens with one attached hydrogen (secondary N) is 2. The number of halogens is 3. The number of amides is 1.